The maximum Gasteiger partial charge on any atom is 0.242 e. The maximum absolute atomic E-state index is 14.1. The number of benzene rings is 1. The number of amides is 1. The first-order valence-corrected chi connectivity index (χ1v) is 6.40. The predicted molar refractivity (Wildman–Crippen MR) is 70.8 cm³/mol. The van der Waals surface area contributed by atoms with Crippen molar-refractivity contribution in [1.29, 1.82) is 0 Å². The van der Waals surface area contributed by atoms with E-state index in [0.717, 1.165) is 0 Å². The molecule has 1 unspecified atom stereocenters. The number of nitrogens with one attached hydrogen (secondary N) is 1. The summed E-state index contributed by atoms with van der Waals surface area (Å²) in [5.41, 5.74) is 0.574. The fourth-order valence-electron chi connectivity index (χ4n) is 2.48. The van der Waals surface area contributed by atoms with E-state index in [0.29, 0.717) is 25.1 Å². The normalized spacial score (nSPS) is 19.2. The van der Waals surface area contributed by atoms with E-state index in [-0.39, 0.29) is 17.4 Å². The molecule has 1 saturated heterocycles. The number of rotatable bonds is 3. The van der Waals surface area contributed by atoms with Gasteiger partial charge in [-0.05, 0) is 25.5 Å². The van der Waals surface area contributed by atoms with Gasteiger partial charge in [-0.2, -0.15) is 0 Å². The van der Waals surface area contributed by atoms with Crippen LogP contribution in [0, 0.1) is 5.82 Å². The summed E-state index contributed by atoms with van der Waals surface area (Å²) in [4.78, 5) is 25.2. The fourth-order valence-corrected chi connectivity index (χ4v) is 2.48. The minimum atomic E-state index is -0.458. The van der Waals surface area contributed by atoms with Gasteiger partial charge in [0.2, 0.25) is 5.91 Å². The Morgan fingerprint density at radius 2 is 2.26 bits per heavy atom. The van der Waals surface area contributed by atoms with Gasteiger partial charge in [0.15, 0.2) is 5.78 Å². The molecule has 4 nitrogen and oxygen atoms in total. The average molecular weight is 264 g/mol. The molecule has 1 atom stereocenters. The number of para-hydroxylation sites is 1. The van der Waals surface area contributed by atoms with Gasteiger partial charge in [0.25, 0.3) is 0 Å². The van der Waals surface area contributed by atoms with Crippen LogP contribution in [0.1, 0.15) is 30.6 Å². The summed E-state index contributed by atoms with van der Waals surface area (Å²) in [5.74, 6) is -0.775. The zero-order valence-electron chi connectivity index (χ0n) is 11.1. The number of hydrogen-bond donors (Lipinski definition) is 1. The van der Waals surface area contributed by atoms with Gasteiger partial charge in [0, 0.05) is 18.7 Å². The highest BCUT2D eigenvalue weighted by Crippen LogP contribution is 2.28. The number of carbonyl (C=O) groups is 2. The van der Waals surface area contributed by atoms with Crippen LogP contribution < -0.4 is 10.2 Å². The van der Waals surface area contributed by atoms with Crippen LogP contribution in [0.4, 0.5) is 10.1 Å². The number of ketones is 1. The standard InChI is InChI=1S/C14H17FN2O2/c1-3-12-14(19)16-7-8-17(12)13-10(9(2)18)5-4-6-11(13)15/h4-6,12H,3,7-8H2,1-2H3,(H,16,19). The Morgan fingerprint density at radius 3 is 2.89 bits per heavy atom. The van der Waals surface area contributed by atoms with E-state index in [2.05, 4.69) is 5.32 Å². The Labute approximate surface area is 111 Å². The third-order valence-electron chi connectivity index (χ3n) is 3.37. The molecule has 1 fully saturated rings. The summed E-state index contributed by atoms with van der Waals surface area (Å²) in [6, 6.07) is 4.00. The van der Waals surface area contributed by atoms with Crippen molar-refractivity contribution < 1.29 is 14.0 Å². The largest absolute Gasteiger partial charge is 0.355 e. The molecule has 1 aromatic carbocycles. The molecule has 2 rings (SSSR count). The monoisotopic (exact) mass is 264 g/mol. The van der Waals surface area contributed by atoms with Crippen LogP contribution >= 0.6 is 0 Å². The Kier molecular flexibility index (Phi) is 3.83. The molecule has 1 heterocycles. The highest BCUT2D eigenvalue weighted by atomic mass is 19.1. The average Bonchev–Trinajstić information content (AvgIpc) is 2.38. The lowest BCUT2D eigenvalue weighted by molar-refractivity contribution is -0.123. The second-order valence-corrected chi connectivity index (χ2v) is 4.60. The molecule has 5 heteroatoms. The van der Waals surface area contributed by atoms with Crippen LogP contribution in [-0.2, 0) is 4.79 Å². The van der Waals surface area contributed by atoms with Crippen molar-refractivity contribution in [3.05, 3.63) is 29.6 Å². The Bertz CT molecular complexity index is 516. The highest BCUT2D eigenvalue weighted by molar-refractivity contribution is 6.01. The first-order valence-electron chi connectivity index (χ1n) is 6.40. The van der Waals surface area contributed by atoms with Crippen molar-refractivity contribution in [2.45, 2.75) is 26.3 Å². The van der Waals surface area contributed by atoms with E-state index in [1.165, 1.54) is 19.1 Å². The molecule has 1 aliphatic heterocycles. The zero-order chi connectivity index (χ0) is 14.0. The van der Waals surface area contributed by atoms with Gasteiger partial charge in [0.1, 0.15) is 11.9 Å². The molecule has 1 N–H and O–H groups in total. The quantitative estimate of drug-likeness (QED) is 0.846. The van der Waals surface area contributed by atoms with E-state index in [1.807, 2.05) is 6.92 Å². The molecular formula is C14H17FN2O2. The zero-order valence-corrected chi connectivity index (χ0v) is 11.1. The number of piperazine rings is 1. The third kappa shape index (κ3) is 2.45. The lowest BCUT2D eigenvalue weighted by atomic mass is 10.0. The van der Waals surface area contributed by atoms with Crippen molar-refractivity contribution >= 4 is 17.4 Å². The fraction of sp³-hybridized carbons (Fsp3) is 0.429. The van der Waals surface area contributed by atoms with Gasteiger partial charge in [-0.15, -0.1) is 0 Å². The second kappa shape index (κ2) is 5.38. The smallest absolute Gasteiger partial charge is 0.242 e. The molecule has 19 heavy (non-hydrogen) atoms. The first kappa shape index (κ1) is 13.5. The van der Waals surface area contributed by atoms with E-state index in [4.69, 9.17) is 0 Å². The maximum atomic E-state index is 14.1. The minimum absolute atomic E-state index is 0.119. The van der Waals surface area contributed by atoms with Gasteiger partial charge < -0.3 is 10.2 Å². The van der Waals surface area contributed by atoms with Crippen LogP contribution in [-0.4, -0.2) is 30.8 Å². The summed E-state index contributed by atoms with van der Waals surface area (Å²) >= 11 is 0. The van der Waals surface area contributed by atoms with Crippen LogP contribution in [0.15, 0.2) is 18.2 Å². The van der Waals surface area contributed by atoms with Gasteiger partial charge in [-0.3, -0.25) is 9.59 Å². The SMILES string of the molecule is CCC1C(=O)NCCN1c1c(F)cccc1C(C)=O. The molecule has 0 bridgehead atoms. The van der Waals surface area contributed by atoms with Gasteiger partial charge in [-0.1, -0.05) is 13.0 Å². The molecule has 0 aliphatic carbocycles. The summed E-state index contributed by atoms with van der Waals surface area (Å²) in [6.45, 7) is 4.24. The van der Waals surface area contributed by atoms with Crippen LogP contribution in [0.25, 0.3) is 0 Å². The van der Waals surface area contributed by atoms with Crippen molar-refractivity contribution in [3.63, 3.8) is 0 Å². The first-order chi connectivity index (χ1) is 9.06. The number of anilines is 1. The Balaban J connectivity index is 2.50. The molecule has 0 saturated carbocycles. The molecule has 0 aromatic heterocycles. The third-order valence-corrected chi connectivity index (χ3v) is 3.37. The van der Waals surface area contributed by atoms with Gasteiger partial charge in [0.05, 0.1) is 5.69 Å². The number of Topliss-reactive ketones (excluding diaryl/α,β-unsaturated/α-hetero) is 1. The second-order valence-electron chi connectivity index (χ2n) is 4.60. The summed E-state index contributed by atoms with van der Waals surface area (Å²) in [6.07, 6.45) is 0.567. The summed E-state index contributed by atoms with van der Waals surface area (Å²) in [5, 5.41) is 2.76. The lowest BCUT2D eigenvalue weighted by Gasteiger charge is -2.37. The number of nitrogens with zero attached hydrogens (tertiary/aromatic N) is 1. The van der Waals surface area contributed by atoms with Crippen molar-refractivity contribution in [3.8, 4) is 0 Å². The summed E-state index contributed by atoms with van der Waals surface area (Å²) < 4.78 is 14.1. The van der Waals surface area contributed by atoms with E-state index >= 15 is 0 Å². The predicted octanol–water partition coefficient (Wildman–Crippen LogP) is 1.74. The van der Waals surface area contributed by atoms with Crippen LogP contribution in [0.3, 0.4) is 0 Å². The summed E-state index contributed by atoms with van der Waals surface area (Å²) in [7, 11) is 0. The Morgan fingerprint density at radius 1 is 1.53 bits per heavy atom. The van der Waals surface area contributed by atoms with Gasteiger partial charge in [-0.25, -0.2) is 4.39 Å². The molecule has 102 valence electrons. The van der Waals surface area contributed by atoms with Crippen molar-refractivity contribution in [1.82, 2.24) is 5.32 Å². The van der Waals surface area contributed by atoms with Crippen molar-refractivity contribution in [2.75, 3.05) is 18.0 Å². The molecule has 1 amide bonds. The lowest BCUT2D eigenvalue weighted by Crippen LogP contribution is -2.55. The number of halogens is 1. The topological polar surface area (TPSA) is 49.4 Å². The Hall–Kier alpha value is -1.91. The van der Waals surface area contributed by atoms with E-state index in [9.17, 15) is 14.0 Å². The van der Waals surface area contributed by atoms with Crippen LogP contribution in [0.5, 0.6) is 0 Å². The molecule has 1 aromatic rings. The van der Waals surface area contributed by atoms with Crippen LogP contribution in [0.2, 0.25) is 0 Å². The van der Waals surface area contributed by atoms with E-state index in [1.54, 1.807) is 11.0 Å². The number of carbonyl (C=O) groups excluding carboxylic acids is 2. The number of hydrogen-bond acceptors (Lipinski definition) is 3. The van der Waals surface area contributed by atoms with E-state index < -0.39 is 11.9 Å². The highest BCUT2D eigenvalue weighted by Gasteiger charge is 2.31. The van der Waals surface area contributed by atoms with Crippen molar-refractivity contribution in [2.24, 2.45) is 0 Å². The minimum Gasteiger partial charge on any atom is -0.355 e. The molecule has 0 radical (unpaired) electrons. The molecular weight excluding hydrogens is 247 g/mol. The molecule has 0 spiro atoms. The molecule has 1 aliphatic rings. The van der Waals surface area contributed by atoms with Gasteiger partial charge >= 0.3 is 0 Å².